The Morgan fingerprint density at radius 2 is 1.21 bits per heavy atom. The minimum atomic E-state index is -0.757. The molecular weight excluding hydrogens is 684 g/mol. The lowest BCUT2D eigenvalue weighted by atomic mass is 10.1. The van der Waals surface area contributed by atoms with E-state index in [0.29, 0.717) is 52.4 Å². The summed E-state index contributed by atoms with van der Waals surface area (Å²) in [7, 11) is 1.44. The number of primary amides is 2. The number of methoxy groups -OCH3 is 1. The molecule has 0 aliphatic heterocycles. The molecule has 4 amide bonds. The van der Waals surface area contributed by atoms with E-state index in [-0.39, 0.29) is 52.9 Å². The van der Waals surface area contributed by atoms with Crippen LogP contribution in [0.1, 0.15) is 66.7 Å². The molecule has 274 valence electrons. The molecule has 7 N–H and O–H groups in total. The lowest BCUT2D eigenvalue weighted by molar-refractivity contribution is 0.0991. The van der Waals surface area contributed by atoms with E-state index in [9.17, 15) is 24.3 Å². The van der Waals surface area contributed by atoms with Crippen LogP contribution in [-0.4, -0.2) is 74.5 Å². The third-order valence-corrected chi connectivity index (χ3v) is 8.68. The van der Waals surface area contributed by atoms with Crippen molar-refractivity contribution >= 4 is 57.6 Å². The maximum absolute atomic E-state index is 13.6. The smallest absolute Gasteiger partial charge is 0.276 e. The molecule has 6 rings (SSSR count). The minimum absolute atomic E-state index is 0.0418. The van der Waals surface area contributed by atoms with Crippen LogP contribution in [0.25, 0.3) is 22.1 Å². The second kappa shape index (κ2) is 14.3. The Labute approximate surface area is 302 Å². The highest BCUT2D eigenvalue weighted by atomic mass is 16.5. The molecule has 18 heteroatoms. The number of amides is 4. The van der Waals surface area contributed by atoms with Gasteiger partial charge in [-0.05, 0) is 63.1 Å². The number of aryl methyl sites for hydroxylation is 4. The van der Waals surface area contributed by atoms with Gasteiger partial charge in [-0.15, -0.1) is 0 Å². The number of carbonyl (C=O) groups is 4. The minimum Gasteiger partial charge on any atom is -0.506 e. The summed E-state index contributed by atoms with van der Waals surface area (Å²) in [6.07, 6.45) is 6.74. The van der Waals surface area contributed by atoms with E-state index < -0.39 is 23.6 Å². The Hall–Kier alpha value is -6.98. The van der Waals surface area contributed by atoms with Gasteiger partial charge in [0.1, 0.15) is 33.9 Å². The van der Waals surface area contributed by atoms with Crippen molar-refractivity contribution in [1.29, 1.82) is 0 Å². The van der Waals surface area contributed by atoms with Gasteiger partial charge in [0.05, 0.1) is 30.5 Å². The van der Waals surface area contributed by atoms with E-state index in [2.05, 4.69) is 30.8 Å². The first-order valence-electron chi connectivity index (χ1n) is 16.6. The van der Waals surface area contributed by atoms with Crippen molar-refractivity contribution in [2.45, 2.75) is 53.9 Å². The van der Waals surface area contributed by atoms with Gasteiger partial charge in [0, 0.05) is 37.3 Å². The number of nitrogens with zero attached hydrogens (tertiary/aromatic N) is 8. The number of phenols is 1. The Balaban J connectivity index is 1.39. The monoisotopic (exact) mass is 722 g/mol. The topological polar surface area (TPSA) is 245 Å². The highest BCUT2D eigenvalue weighted by Crippen LogP contribution is 2.32. The summed E-state index contributed by atoms with van der Waals surface area (Å²) >= 11 is 0. The molecule has 0 radical (unpaired) electrons. The predicted molar refractivity (Wildman–Crippen MR) is 195 cm³/mol. The molecular formula is C35H38N12O6. The van der Waals surface area contributed by atoms with E-state index in [1.807, 2.05) is 13.8 Å². The number of fused-ring (bicyclic) bond motifs is 2. The zero-order valence-electron chi connectivity index (χ0n) is 29.7. The molecule has 18 nitrogen and oxygen atoms in total. The fraction of sp³-hybridized carbons (Fsp3) is 0.257. The summed E-state index contributed by atoms with van der Waals surface area (Å²) in [6, 6.07) is 5.68. The van der Waals surface area contributed by atoms with Crippen LogP contribution in [0.5, 0.6) is 11.5 Å². The summed E-state index contributed by atoms with van der Waals surface area (Å²) in [5.41, 5.74) is 14.6. The third-order valence-electron chi connectivity index (χ3n) is 8.68. The number of hydrogen-bond donors (Lipinski definition) is 5. The Kier molecular flexibility index (Phi) is 9.69. The zero-order chi connectivity index (χ0) is 38.1. The average Bonchev–Trinajstić information content (AvgIpc) is 3.88. The van der Waals surface area contributed by atoms with Crippen LogP contribution < -0.4 is 26.8 Å². The first-order chi connectivity index (χ1) is 25.4. The molecule has 6 aromatic rings. The summed E-state index contributed by atoms with van der Waals surface area (Å²) in [4.78, 5) is 60.3. The van der Waals surface area contributed by atoms with Gasteiger partial charge in [-0.25, -0.2) is 9.97 Å². The van der Waals surface area contributed by atoms with Gasteiger partial charge in [0.25, 0.3) is 11.8 Å². The molecule has 0 atom stereocenters. The number of hydrogen-bond acceptors (Lipinski definition) is 10. The van der Waals surface area contributed by atoms with E-state index >= 15 is 0 Å². The second-order valence-corrected chi connectivity index (χ2v) is 12.1. The van der Waals surface area contributed by atoms with Gasteiger partial charge in [0.15, 0.2) is 0 Å². The first-order valence-corrected chi connectivity index (χ1v) is 16.6. The lowest BCUT2D eigenvalue weighted by Crippen LogP contribution is -2.21. The number of allylic oxidation sites excluding steroid dienone is 2. The highest BCUT2D eigenvalue weighted by Gasteiger charge is 2.24. The first kappa shape index (κ1) is 35.8. The number of imidazole rings is 2. The van der Waals surface area contributed by atoms with Gasteiger partial charge in [0.2, 0.25) is 23.7 Å². The normalized spacial score (nSPS) is 11.5. The van der Waals surface area contributed by atoms with Crippen LogP contribution in [0.3, 0.4) is 0 Å². The van der Waals surface area contributed by atoms with Crippen molar-refractivity contribution in [2.75, 3.05) is 17.7 Å². The molecule has 53 heavy (non-hydrogen) atoms. The molecule has 0 bridgehead atoms. The SMILES string of the molecule is CCn1ncc(C)c1C(=O)Nc1nc2cc(C(N)=O)cc(O)c2n1C/C=C/Cn1c(NC(=O)c2c(C)cnn2CC)nc2cc(C(N)=O)cc(OC)c21. The molecule has 4 aromatic heterocycles. The number of phenolic OH excluding ortho intramolecular Hbond substituents is 1. The second-order valence-electron chi connectivity index (χ2n) is 12.1. The number of ether oxygens (including phenoxy) is 1. The van der Waals surface area contributed by atoms with E-state index in [0.717, 1.165) is 0 Å². The van der Waals surface area contributed by atoms with Crippen molar-refractivity contribution in [1.82, 2.24) is 38.7 Å². The van der Waals surface area contributed by atoms with Crippen molar-refractivity contribution in [2.24, 2.45) is 11.5 Å². The maximum atomic E-state index is 13.6. The number of nitrogens with one attached hydrogen (secondary N) is 2. The number of carbonyl (C=O) groups excluding carboxylic acids is 4. The highest BCUT2D eigenvalue weighted by molar-refractivity contribution is 6.06. The Morgan fingerprint density at radius 3 is 1.66 bits per heavy atom. The quantitative estimate of drug-likeness (QED) is 0.109. The molecule has 0 spiro atoms. The number of aromatic nitrogens is 8. The van der Waals surface area contributed by atoms with Crippen LogP contribution in [-0.2, 0) is 26.2 Å². The van der Waals surface area contributed by atoms with Gasteiger partial charge in [-0.2, -0.15) is 10.2 Å². The Bertz CT molecular complexity index is 2470. The third kappa shape index (κ3) is 6.64. The van der Waals surface area contributed by atoms with Crippen LogP contribution >= 0.6 is 0 Å². The van der Waals surface area contributed by atoms with Crippen LogP contribution in [0.2, 0.25) is 0 Å². The Morgan fingerprint density at radius 1 is 0.755 bits per heavy atom. The molecule has 0 aliphatic carbocycles. The van der Waals surface area contributed by atoms with Crippen LogP contribution in [0.4, 0.5) is 11.9 Å². The van der Waals surface area contributed by atoms with E-state index in [1.54, 1.807) is 56.9 Å². The predicted octanol–water partition coefficient (Wildman–Crippen LogP) is 3.11. The fourth-order valence-corrected chi connectivity index (χ4v) is 6.17. The van der Waals surface area contributed by atoms with Crippen LogP contribution in [0.15, 0.2) is 48.8 Å². The van der Waals surface area contributed by atoms with Gasteiger partial charge in [-0.3, -0.25) is 39.2 Å². The molecule has 2 aromatic carbocycles. The van der Waals surface area contributed by atoms with E-state index in [1.165, 1.54) is 31.4 Å². The number of nitrogens with two attached hydrogens (primary N) is 2. The molecule has 0 unspecified atom stereocenters. The summed E-state index contributed by atoms with van der Waals surface area (Å²) in [5.74, 6) is -2.05. The largest absolute Gasteiger partial charge is 0.506 e. The van der Waals surface area contributed by atoms with Crippen molar-refractivity contribution in [3.05, 3.63) is 82.5 Å². The van der Waals surface area contributed by atoms with Gasteiger partial charge in [-0.1, -0.05) is 12.2 Å². The zero-order valence-corrected chi connectivity index (χ0v) is 29.7. The molecule has 4 heterocycles. The standard InChI is InChI=1S/C35H38N12O6/c1-6-46-26(18(3)16-38-46)32(51)42-34-40-22-12-20(30(36)49)14-24(48)28(22)44(34)10-8-9-11-45-29-23(13-21(31(37)50)15-25(29)53-5)41-35(45)43-33(52)27-19(4)17-39-47(27)7-2/h8-9,12-17,48H,6-7,10-11H2,1-5H3,(H2,36,49)(H2,37,50)(H,40,42,51)(H,41,43,52)/b9-8+. The molecule has 0 saturated carbocycles. The summed E-state index contributed by atoms with van der Waals surface area (Å²) < 4.78 is 12.0. The molecule has 0 aliphatic rings. The maximum Gasteiger partial charge on any atom is 0.276 e. The van der Waals surface area contributed by atoms with Crippen molar-refractivity contribution < 1.29 is 29.0 Å². The van der Waals surface area contributed by atoms with Gasteiger partial charge < -0.3 is 30.4 Å². The van der Waals surface area contributed by atoms with Crippen molar-refractivity contribution in [3.8, 4) is 11.5 Å². The lowest BCUT2D eigenvalue weighted by Gasteiger charge is -2.12. The summed E-state index contributed by atoms with van der Waals surface area (Å²) in [6.45, 7) is 8.45. The number of anilines is 2. The average molecular weight is 723 g/mol. The number of rotatable bonds is 13. The van der Waals surface area contributed by atoms with Crippen LogP contribution in [0, 0.1) is 13.8 Å². The van der Waals surface area contributed by atoms with E-state index in [4.69, 9.17) is 16.2 Å². The van der Waals surface area contributed by atoms with Gasteiger partial charge >= 0.3 is 0 Å². The number of benzene rings is 2. The number of aromatic hydroxyl groups is 1. The summed E-state index contributed by atoms with van der Waals surface area (Å²) in [5, 5.41) is 25.2. The molecule has 0 fully saturated rings. The van der Waals surface area contributed by atoms with Crippen molar-refractivity contribution in [3.63, 3.8) is 0 Å². The fourth-order valence-electron chi connectivity index (χ4n) is 6.17. The molecule has 0 saturated heterocycles.